The van der Waals surface area contributed by atoms with E-state index in [1.807, 2.05) is 12.4 Å². The van der Waals surface area contributed by atoms with Crippen molar-refractivity contribution in [2.75, 3.05) is 0 Å². The summed E-state index contributed by atoms with van der Waals surface area (Å²) in [6.07, 6.45) is 8.31. The number of hydrogen-bond donors (Lipinski definition) is 0. The van der Waals surface area contributed by atoms with Gasteiger partial charge in [-0.05, 0) is 12.5 Å². The lowest BCUT2D eigenvalue weighted by Crippen LogP contribution is -2.13. The van der Waals surface area contributed by atoms with Crippen LogP contribution in [-0.4, -0.2) is 18.8 Å². The van der Waals surface area contributed by atoms with Gasteiger partial charge in [-0.1, -0.05) is 6.92 Å². The predicted molar refractivity (Wildman–Crippen MR) is 46.3 cm³/mol. The Hall–Kier alpha value is -1.25. The Morgan fingerprint density at radius 1 is 1.45 bits per heavy atom. The highest BCUT2D eigenvalue weighted by Crippen LogP contribution is 2.28. The summed E-state index contributed by atoms with van der Waals surface area (Å²) in [4.78, 5) is 12.2. The first-order valence-electron chi connectivity index (χ1n) is 3.61. The molecule has 0 aromatic rings. The molecule has 0 saturated carbocycles. The van der Waals surface area contributed by atoms with Crippen LogP contribution in [0.3, 0.4) is 0 Å². The Bertz CT molecular complexity index is 286. The Labute approximate surface area is 65.3 Å². The fraction of sp³-hybridized carbons (Fsp3) is 0.375. The van der Waals surface area contributed by atoms with Crippen LogP contribution < -0.4 is 0 Å². The molecule has 3 heteroatoms. The van der Waals surface area contributed by atoms with Gasteiger partial charge in [-0.25, -0.2) is 15.0 Å². The molecule has 2 rings (SSSR count). The zero-order valence-electron chi connectivity index (χ0n) is 6.36. The fourth-order valence-corrected chi connectivity index (χ4v) is 1.15. The molecule has 0 spiro atoms. The average Bonchev–Trinajstić information content (AvgIpc) is 2.31. The van der Waals surface area contributed by atoms with E-state index in [0.29, 0.717) is 0 Å². The smallest absolute Gasteiger partial charge is 0.150 e. The summed E-state index contributed by atoms with van der Waals surface area (Å²) in [6.45, 7) is 2.12. The number of nitrogens with zero attached hydrogens (tertiary/aromatic N) is 3. The van der Waals surface area contributed by atoms with Crippen LogP contribution in [-0.2, 0) is 0 Å². The average molecular weight is 147 g/mol. The molecule has 2 aliphatic rings. The summed E-state index contributed by atoms with van der Waals surface area (Å²) in [7, 11) is 0. The van der Waals surface area contributed by atoms with Crippen molar-refractivity contribution in [3.63, 3.8) is 0 Å². The highest BCUT2D eigenvalue weighted by atomic mass is 15.0. The van der Waals surface area contributed by atoms with Crippen LogP contribution in [0.2, 0.25) is 0 Å². The summed E-state index contributed by atoms with van der Waals surface area (Å²) in [6, 6.07) is 0. The Morgan fingerprint density at radius 2 is 2.36 bits per heavy atom. The van der Waals surface area contributed by atoms with Crippen LogP contribution >= 0.6 is 0 Å². The van der Waals surface area contributed by atoms with Gasteiger partial charge >= 0.3 is 0 Å². The summed E-state index contributed by atoms with van der Waals surface area (Å²) < 4.78 is 0. The number of rotatable bonds is 0. The zero-order chi connectivity index (χ0) is 7.73. The maximum absolute atomic E-state index is 4.15. The minimum Gasteiger partial charge on any atom is -0.249 e. The molecule has 0 saturated heterocycles. The topological polar surface area (TPSA) is 37.1 Å². The number of fused-ring (bicyclic) bond motifs is 1. The minimum atomic E-state index is 0.0522. The summed E-state index contributed by atoms with van der Waals surface area (Å²) in [5.41, 5.74) is 0.0522. The van der Waals surface area contributed by atoms with E-state index >= 15 is 0 Å². The van der Waals surface area contributed by atoms with Gasteiger partial charge < -0.3 is 0 Å². The minimum absolute atomic E-state index is 0.0522. The van der Waals surface area contributed by atoms with Gasteiger partial charge in [-0.3, -0.25) is 0 Å². The van der Waals surface area contributed by atoms with E-state index in [-0.39, 0.29) is 5.41 Å². The van der Waals surface area contributed by atoms with E-state index in [2.05, 4.69) is 28.0 Å². The van der Waals surface area contributed by atoms with Crippen molar-refractivity contribution in [2.24, 2.45) is 20.4 Å². The quantitative estimate of drug-likeness (QED) is 0.497. The third-order valence-corrected chi connectivity index (χ3v) is 1.84. The molecule has 2 heterocycles. The third kappa shape index (κ3) is 1.13. The largest absolute Gasteiger partial charge is 0.249 e. The second-order valence-electron chi connectivity index (χ2n) is 3.05. The number of aliphatic imine (C=N–C) groups is 3. The number of hydrogen-bond acceptors (Lipinski definition) is 3. The highest BCUT2D eigenvalue weighted by Gasteiger charge is 2.23. The molecule has 1 unspecified atom stereocenters. The van der Waals surface area contributed by atoms with Crippen molar-refractivity contribution in [1.82, 2.24) is 0 Å². The van der Waals surface area contributed by atoms with Crippen LogP contribution in [0.1, 0.15) is 13.3 Å². The van der Waals surface area contributed by atoms with E-state index in [1.165, 1.54) is 6.34 Å². The molecule has 0 N–H and O–H groups in total. The Kier molecular flexibility index (Phi) is 1.24. The Balaban J connectivity index is 2.42. The van der Waals surface area contributed by atoms with Crippen molar-refractivity contribution >= 4 is 18.8 Å². The van der Waals surface area contributed by atoms with Crippen molar-refractivity contribution in [3.05, 3.63) is 11.9 Å². The summed E-state index contributed by atoms with van der Waals surface area (Å²) in [5.74, 6) is 0.782. The molecule has 1 atom stereocenters. The molecule has 0 radical (unpaired) electrons. The molecule has 2 aliphatic heterocycles. The van der Waals surface area contributed by atoms with Gasteiger partial charge in [0.2, 0.25) is 0 Å². The van der Waals surface area contributed by atoms with E-state index in [4.69, 9.17) is 0 Å². The fourth-order valence-electron chi connectivity index (χ4n) is 1.15. The van der Waals surface area contributed by atoms with E-state index < -0.39 is 0 Å². The molecule has 3 nitrogen and oxygen atoms in total. The first-order valence-corrected chi connectivity index (χ1v) is 3.61. The van der Waals surface area contributed by atoms with Crippen LogP contribution in [0.15, 0.2) is 26.9 Å². The van der Waals surface area contributed by atoms with E-state index in [1.54, 1.807) is 0 Å². The molecular formula is C8H9N3. The molecule has 0 aliphatic carbocycles. The van der Waals surface area contributed by atoms with Gasteiger partial charge in [-0.15, -0.1) is 0 Å². The van der Waals surface area contributed by atoms with Crippen molar-refractivity contribution in [1.29, 1.82) is 0 Å². The molecule has 0 aromatic carbocycles. The van der Waals surface area contributed by atoms with Crippen LogP contribution in [0.25, 0.3) is 0 Å². The van der Waals surface area contributed by atoms with Gasteiger partial charge in [0, 0.05) is 17.8 Å². The lowest BCUT2D eigenvalue weighted by molar-refractivity contribution is 0.656. The SMILES string of the molecule is CC12C=NC(=C1)/N=C\N=C/C2. The van der Waals surface area contributed by atoms with Crippen molar-refractivity contribution in [2.45, 2.75) is 13.3 Å². The molecule has 0 fully saturated rings. The molecule has 0 amide bonds. The first kappa shape index (κ1) is 6.46. The lowest BCUT2D eigenvalue weighted by Gasteiger charge is -2.13. The summed E-state index contributed by atoms with van der Waals surface area (Å²) in [5, 5.41) is 0. The Morgan fingerprint density at radius 3 is 3.27 bits per heavy atom. The molecule has 11 heavy (non-hydrogen) atoms. The first-order chi connectivity index (χ1) is 5.29. The van der Waals surface area contributed by atoms with Crippen LogP contribution in [0.5, 0.6) is 0 Å². The maximum atomic E-state index is 4.15. The van der Waals surface area contributed by atoms with Crippen molar-refractivity contribution in [3.8, 4) is 0 Å². The molecular weight excluding hydrogens is 138 g/mol. The van der Waals surface area contributed by atoms with Crippen LogP contribution in [0, 0.1) is 5.41 Å². The lowest BCUT2D eigenvalue weighted by atomic mass is 9.90. The second-order valence-corrected chi connectivity index (χ2v) is 3.05. The van der Waals surface area contributed by atoms with Gasteiger partial charge in [0.05, 0.1) is 0 Å². The second kappa shape index (κ2) is 2.12. The van der Waals surface area contributed by atoms with Crippen molar-refractivity contribution < 1.29 is 0 Å². The van der Waals surface area contributed by atoms with E-state index in [9.17, 15) is 0 Å². The zero-order valence-corrected chi connectivity index (χ0v) is 6.36. The van der Waals surface area contributed by atoms with Gasteiger partial charge in [0.25, 0.3) is 0 Å². The maximum Gasteiger partial charge on any atom is 0.150 e. The van der Waals surface area contributed by atoms with Crippen LogP contribution in [0.4, 0.5) is 0 Å². The summed E-state index contributed by atoms with van der Waals surface area (Å²) >= 11 is 0. The molecule has 0 aromatic heterocycles. The monoisotopic (exact) mass is 147 g/mol. The molecule has 2 bridgehead atoms. The van der Waals surface area contributed by atoms with Gasteiger partial charge in [0.1, 0.15) is 12.2 Å². The van der Waals surface area contributed by atoms with Gasteiger partial charge in [-0.2, -0.15) is 0 Å². The van der Waals surface area contributed by atoms with E-state index in [0.717, 1.165) is 12.2 Å². The standard InChI is InChI=1S/C8H9N3/c1-8-2-3-9-6-11-7(4-8)10-5-8/h3-6H,2H2,1H3/b9-3-,11-6-. The third-order valence-electron chi connectivity index (χ3n) is 1.84. The van der Waals surface area contributed by atoms with Gasteiger partial charge in [0.15, 0.2) is 0 Å². The number of allylic oxidation sites excluding steroid dienone is 1. The molecule has 56 valence electrons. The predicted octanol–water partition coefficient (Wildman–Crippen LogP) is 1.42. The normalized spacial score (nSPS) is 39.2. The highest BCUT2D eigenvalue weighted by molar-refractivity contribution is 5.82.